The number of hydrogen-bond acceptors (Lipinski definition) is 2. The standard InChI is InChI=1S/C13H28N2O/c1-2-3-4-5-6-7-8-9-10-11-12-13-14-15-16/h2-13H2,1H3,(H,14,16). The summed E-state index contributed by atoms with van der Waals surface area (Å²) in [6, 6.07) is 0. The molecule has 0 saturated heterocycles. The van der Waals surface area contributed by atoms with E-state index in [9.17, 15) is 4.91 Å². The molecule has 0 bridgehead atoms. The van der Waals surface area contributed by atoms with Gasteiger partial charge in [0.1, 0.15) is 0 Å². The maximum absolute atomic E-state index is 9.73. The van der Waals surface area contributed by atoms with Crippen LogP contribution in [0.3, 0.4) is 0 Å². The van der Waals surface area contributed by atoms with Gasteiger partial charge < -0.3 is 0 Å². The fourth-order valence-corrected chi connectivity index (χ4v) is 1.91. The van der Waals surface area contributed by atoms with Gasteiger partial charge in [-0.2, -0.15) is 0 Å². The van der Waals surface area contributed by atoms with Gasteiger partial charge in [0.2, 0.25) is 0 Å². The first-order valence-corrected chi connectivity index (χ1v) is 6.97. The Balaban J connectivity index is 2.85. The smallest absolute Gasteiger partial charge is 0.0496 e. The van der Waals surface area contributed by atoms with Crippen molar-refractivity contribution in [3.05, 3.63) is 4.91 Å². The van der Waals surface area contributed by atoms with Gasteiger partial charge in [-0.3, -0.25) is 5.43 Å². The van der Waals surface area contributed by atoms with Gasteiger partial charge in [-0.1, -0.05) is 71.1 Å². The molecule has 0 saturated carbocycles. The van der Waals surface area contributed by atoms with Crippen molar-refractivity contribution < 1.29 is 0 Å². The van der Waals surface area contributed by atoms with E-state index in [-0.39, 0.29) is 0 Å². The Labute approximate surface area is 100 Å². The number of rotatable bonds is 13. The maximum atomic E-state index is 9.73. The molecule has 0 heterocycles. The van der Waals surface area contributed by atoms with Crippen molar-refractivity contribution in [3.63, 3.8) is 0 Å². The molecule has 0 aliphatic rings. The zero-order valence-corrected chi connectivity index (χ0v) is 10.8. The van der Waals surface area contributed by atoms with Crippen molar-refractivity contribution in [1.29, 1.82) is 0 Å². The van der Waals surface area contributed by atoms with Gasteiger partial charge in [0, 0.05) is 11.8 Å². The highest BCUT2D eigenvalue weighted by Gasteiger charge is 1.92. The Bertz CT molecular complexity index is 140. The van der Waals surface area contributed by atoms with Gasteiger partial charge in [0.25, 0.3) is 0 Å². The summed E-state index contributed by atoms with van der Waals surface area (Å²) in [6.07, 6.45) is 14.7. The molecule has 0 aromatic rings. The van der Waals surface area contributed by atoms with Gasteiger partial charge in [-0.05, 0) is 6.42 Å². The highest BCUT2D eigenvalue weighted by atomic mass is 16.3. The summed E-state index contributed by atoms with van der Waals surface area (Å²) in [5, 5.41) is 2.62. The van der Waals surface area contributed by atoms with Gasteiger partial charge >= 0.3 is 0 Å². The highest BCUT2D eigenvalue weighted by molar-refractivity contribution is 4.48. The quantitative estimate of drug-likeness (QED) is 0.285. The van der Waals surface area contributed by atoms with Crippen LogP contribution in [0, 0.1) is 4.91 Å². The molecule has 0 radical (unpaired) electrons. The van der Waals surface area contributed by atoms with Gasteiger partial charge in [-0.15, -0.1) is 4.91 Å². The Morgan fingerprint density at radius 3 is 1.62 bits per heavy atom. The minimum Gasteiger partial charge on any atom is -0.274 e. The molecule has 0 unspecified atom stereocenters. The Morgan fingerprint density at radius 1 is 0.750 bits per heavy atom. The third kappa shape index (κ3) is 13.4. The van der Waals surface area contributed by atoms with Crippen LogP contribution < -0.4 is 5.43 Å². The van der Waals surface area contributed by atoms with Gasteiger partial charge in [0.05, 0.1) is 0 Å². The van der Waals surface area contributed by atoms with Gasteiger partial charge in [-0.25, -0.2) is 0 Å². The Morgan fingerprint density at radius 2 is 1.19 bits per heavy atom. The summed E-state index contributed by atoms with van der Waals surface area (Å²) in [7, 11) is 0. The van der Waals surface area contributed by atoms with E-state index in [0.717, 1.165) is 13.0 Å². The first kappa shape index (κ1) is 15.4. The Kier molecular flexibility index (Phi) is 13.9. The Hall–Kier alpha value is -0.600. The number of unbranched alkanes of at least 4 members (excludes halogenated alkanes) is 10. The molecule has 0 aliphatic heterocycles. The minimum absolute atomic E-state index is 0.737. The van der Waals surface area contributed by atoms with E-state index >= 15 is 0 Å². The third-order valence-corrected chi connectivity index (χ3v) is 2.96. The molecule has 3 heteroatoms. The molecule has 1 N–H and O–H groups in total. The lowest BCUT2D eigenvalue weighted by Crippen LogP contribution is -2.05. The normalized spacial score (nSPS) is 10.3. The number of nitrogens with zero attached hydrogens (tertiary/aromatic N) is 1. The van der Waals surface area contributed by atoms with E-state index in [1.807, 2.05) is 0 Å². The summed E-state index contributed by atoms with van der Waals surface area (Å²) in [6.45, 7) is 3.00. The van der Waals surface area contributed by atoms with Crippen LogP contribution in [0.15, 0.2) is 5.29 Å². The van der Waals surface area contributed by atoms with E-state index in [4.69, 9.17) is 0 Å². The van der Waals surface area contributed by atoms with Crippen LogP contribution in [0.1, 0.15) is 77.6 Å². The van der Waals surface area contributed by atoms with Crippen molar-refractivity contribution in [2.75, 3.05) is 6.54 Å². The van der Waals surface area contributed by atoms with Crippen LogP contribution in [0.4, 0.5) is 0 Å². The topological polar surface area (TPSA) is 41.5 Å². The molecular formula is C13H28N2O. The van der Waals surface area contributed by atoms with Crippen LogP contribution in [0.25, 0.3) is 0 Å². The van der Waals surface area contributed by atoms with Crippen LogP contribution in [-0.4, -0.2) is 6.54 Å². The number of nitrogens with one attached hydrogen (secondary N) is 1. The fourth-order valence-electron chi connectivity index (χ4n) is 1.91. The molecule has 0 aromatic heterocycles. The lowest BCUT2D eigenvalue weighted by Gasteiger charge is -2.02. The zero-order chi connectivity index (χ0) is 11.9. The average Bonchev–Trinajstić information content (AvgIpc) is 2.31. The molecule has 0 aromatic carbocycles. The van der Waals surface area contributed by atoms with E-state index in [1.54, 1.807) is 0 Å². The highest BCUT2D eigenvalue weighted by Crippen LogP contribution is 2.10. The van der Waals surface area contributed by atoms with Crippen LogP contribution in [-0.2, 0) is 0 Å². The molecule has 3 nitrogen and oxygen atoms in total. The predicted octanol–water partition coefficient (Wildman–Crippen LogP) is 4.57. The SMILES string of the molecule is CCCCCCCCCCCCCNN=O. The van der Waals surface area contributed by atoms with Crippen molar-refractivity contribution in [2.45, 2.75) is 77.6 Å². The summed E-state index contributed by atoms with van der Waals surface area (Å²) in [5.41, 5.74) is 2.45. The second-order valence-electron chi connectivity index (χ2n) is 4.53. The second kappa shape index (κ2) is 14.4. The van der Waals surface area contributed by atoms with Crippen molar-refractivity contribution in [1.82, 2.24) is 5.43 Å². The van der Waals surface area contributed by atoms with Gasteiger partial charge in [0.15, 0.2) is 0 Å². The van der Waals surface area contributed by atoms with E-state index in [2.05, 4.69) is 17.6 Å². The van der Waals surface area contributed by atoms with Crippen molar-refractivity contribution in [2.24, 2.45) is 5.29 Å². The van der Waals surface area contributed by atoms with E-state index < -0.39 is 0 Å². The zero-order valence-electron chi connectivity index (χ0n) is 10.8. The second-order valence-corrected chi connectivity index (χ2v) is 4.53. The van der Waals surface area contributed by atoms with E-state index in [0.29, 0.717) is 0 Å². The first-order valence-electron chi connectivity index (χ1n) is 6.97. The third-order valence-electron chi connectivity index (χ3n) is 2.96. The average molecular weight is 228 g/mol. The van der Waals surface area contributed by atoms with Crippen LogP contribution in [0.2, 0.25) is 0 Å². The lowest BCUT2D eigenvalue weighted by atomic mass is 10.1. The van der Waals surface area contributed by atoms with E-state index in [1.165, 1.54) is 64.2 Å². The summed E-state index contributed by atoms with van der Waals surface area (Å²) >= 11 is 0. The summed E-state index contributed by atoms with van der Waals surface area (Å²) in [4.78, 5) is 9.73. The maximum Gasteiger partial charge on any atom is 0.0496 e. The van der Waals surface area contributed by atoms with Crippen LogP contribution >= 0.6 is 0 Å². The molecule has 0 atom stereocenters. The molecular weight excluding hydrogens is 200 g/mol. The molecule has 0 fully saturated rings. The monoisotopic (exact) mass is 228 g/mol. The number of nitroso groups, excluding NO2 is 1. The first-order chi connectivity index (χ1) is 7.91. The largest absolute Gasteiger partial charge is 0.274 e. The summed E-state index contributed by atoms with van der Waals surface area (Å²) < 4.78 is 0. The van der Waals surface area contributed by atoms with Crippen molar-refractivity contribution in [3.8, 4) is 0 Å². The molecule has 0 rings (SSSR count). The number of hydrogen-bond donors (Lipinski definition) is 1. The van der Waals surface area contributed by atoms with Crippen molar-refractivity contribution >= 4 is 0 Å². The fraction of sp³-hybridized carbons (Fsp3) is 1.00. The lowest BCUT2D eigenvalue weighted by molar-refractivity contribution is 0.542. The molecule has 0 aliphatic carbocycles. The molecule has 0 spiro atoms. The minimum atomic E-state index is 0.737. The summed E-state index contributed by atoms with van der Waals surface area (Å²) in [5.74, 6) is 0. The predicted molar refractivity (Wildman–Crippen MR) is 70.3 cm³/mol. The molecule has 16 heavy (non-hydrogen) atoms. The molecule has 0 amide bonds. The van der Waals surface area contributed by atoms with Crippen LogP contribution in [0.5, 0.6) is 0 Å². The molecule has 96 valence electrons.